The molecule has 16 nitrogen and oxygen atoms in total. The molecule has 0 unspecified atom stereocenters. The van der Waals surface area contributed by atoms with Crippen LogP contribution >= 0.6 is 0 Å². The minimum absolute atomic E-state index is 0.0148. The van der Waals surface area contributed by atoms with Gasteiger partial charge in [0.15, 0.2) is 0 Å². The van der Waals surface area contributed by atoms with Crippen LogP contribution in [-0.4, -0.2) is 174 Å². The molecule has 0 aromatic rings. The molecule has 6 N–H and O–H groups in total. The molecule has 6 aliphatic rings. The number of piperidine rings is 4. The summed E-state index contributed by atoms with van der Waals surface area (Å²) >= 11 is 0. The van der Waals surface area contributed by atoms with Crippen molar-refractivity contribution in [2.45, 2.75) is 335 Å². The minimum atomic E-state index is 0.0148. The molecule has 0 bridgehead atoms. The molecule has 0 atom stereocenters. The van der Waals surface area contributed by atoms with Crippen LogP contribution < -0.4 is 32.0 Å². The van der Waals surface area contributed by atoms with Crippen molar-refractivity contribution >= 4 is 23.6 Å². The van der Waals surface area contributed by atoms with Gasteiger partial charge in [0.1, 0.15) is 18.2 Å². The third-order valence-corrected chi connectivity index (χ3v) is 17.7. The zero-order valence-corrected chi connectivity index (χ0v) is 55.6. The maximum Gasteiger partial charge on any atom is 0.246 e. The molecule has 16 heteroatoms. The molecule has 6 rings (SSSR count). The molecule has 0 aromatic carbocycles. The molecule has 0 aromatic heterocycles. The Morgan fingerprint density at radius 3 is 1.34 bits per heavy atom. The number of hydrazine groups is 3. The van der Waals surface area contributed by atoms with Gasteiger partial charge in [0, 0.05) is 108 Å². The second-order valence-corrected chi connectivity index (χ2v) is 31.2. The fourth-order valence-electron chi connectivity index (χ4n) is 15.8. The third-order valence-electron chi connectivity index (χ3n) is 17.7. The highest BCUT2D eigenvalue weighted by molar-refractivity contribution is 5.99. The maximum absolute atomic E-state index is 5.62. The van der Waals surface area contributed by atoms with Crippen LogP contribution in [0.2, 0.25) is 0 Å². The Labute approximate surface area is 491 Å². The van der Waals surface area contributed by atoms with E-state index in [0.717, 1.165) is 191 Å². The van der Waals surface area contributed by atoms with Gasteiger partial charge in [-0.25, -0.2) is 15.1 Å². The topological polar surface area (TPSA) is 141 Å². The van der Waals surface area contributed by atoms with Gasteiger partial charge in [0.2, 0.25) is 11.9 Å². The molecule has 0 saturated carbocycles. The molecule has 0 aliphatic carbocycles. The van der Waals surface area contributed by atoms with Crippen LogP contribution in [-0.2, 0) is 0 Å². The van der Waals surface area contributed by atoms with Crippen molar-refractivity contribution < 1.29 is 0 Å². The van der Waals surface area contributed by atoms with Crippen LogP contribution in [0.15, 0.2) is 20.1 Å². The molecule has 4 saturated heterocycles. The fraction of sp³-hybridized carbons (Fsp3) is 0.938. The van der Waals surface area contributed by atoms with Gasteiger partial charge in [-0.15, -0.1) is 10.2 Å². The van der Waals surface area contributed by atoms with Crippen molar-refractivity contribution in [1.82, 2.24) is 62.1 Å². The highest BCUT2D eigenvalue weighted by Gasteiger charge is 2.47. The second kappa shape index (κ2) is 27.6. The molecule has 80 heavy (non-hydrogen) atoms. The highest BCUT2D eigenvalue weighted by Crippen LogP contribution is 2.37. The summed E-state index contributed by atoms with van der Waals surface area (Å²) in [5, 5.41) is 35.5. The van der Waals surface area contributed by atoms with E-state index in [9.17, 15) is 0 Å². The SMILES string of the molecule is CCCCN(C1=NN(N(CCCC)C2CC(C)(C)NC(C)(C)C2)CC(NCCCCCCN=C2CN(N(CCCC)C3CC(C)(C)NC(C)(C)C3)NC(N(CCCC)C3CC(C)(C)NC(C)(C)C3)=N2)=N1)C1CC(C)(C)NC(C)(C)C1. The first-order valence-corrected chi connectivity index (χ1v) is 32.8. The monoisotopic (exact) mass is 1120 g/mol. The Hall–Kier alpha value is -2.60. The number of guanidine groups is 2. The summed E-state index contributed by atoms with van der Waals surface area (Å²) < 4.78 is 0. The first kappa shape index (κ1) is 66.5. The van der Waals surface area contributed by atoms with E-state index in [1.807, 2.05) is 0 Å². The minimum Gasteiger partial charge on any atom is -0.372 e. The van der Waals surface area contributed by atoms with E-state index in [1.54, 1.807) is 0 Å². The Kier molecular flexibility index (Phi) is 23.0. The van der Waals surface area contributed by atoms with Crippen molar-refractivity contribution in [2.75, 3.05) is 52.4 Å². The third kappa shape index (κ3) is 20.0. The first-order chi connectivity index (χ1) is 37.3. The molecule has 6 heterocycles. The van der Waals surface area contributed by atoms with Crippen LogP contribution in [0, 0.1) is 0 Å². The number of nitrogens with one attached hydrogen (secondary N) is 6. The van der Waals surface area contributed by atoms with Crippen LogP contribution in [0.25, 0.3) is 0 Å². The molecule has 0 spiro atoms. The molecule has 0 amide bonds. The van der Waals surface area contributed by atoms with E-state index in [-0.39, 0.29) is 44.3 Å². The van der Waals surface area contributed by atoms with Gasteiger partial charge >= 0.3 is 0 Å². The summed E-state index contributed by atoms with van der Waals surface area (Å²) in [6.45, 7) is 54.2. The van der Waals surface area contributed by atoms with Crippen molar-refractivity contribution in [3.63, 3.8) is 0 Å². The largest absolute Gasteiger partial charge is 0.372 e. The predicted molar refractivity (Wildman–Crippen MR) is 341 cm³/mol. The number of aliphatic imine (C=N–C) groups is 3. The average Bonchev–Trinajstić information content (AvgIpc) is 3.32. The summed E-state index contributed by atoms with van der Waals surface area (Å²) in [6, 6.07) is 1.46. The van der Waals surface area contributed by atoms with Crippen LogP contribution in [0.5, 0.6) is 0 Å². The van der Waals surface area contributed by atoms with Crippen LogP contribution in [0.1, 0.15) is 267 Å². The number of hydrazone groups is 1. The fourth-order valence-corrected chi connectivity index (χ4v) is 15.8. The van der Waals surface area contributed by atoms with Gasteiger partial charge in [-0.3, -0.25) is 10.4 Å². The second-order valence-electron chi connectivity index (χ2n) is 31.2. The lowest BCUT2D eigenvalue weighted by Crippen LogP contribution is -2.69. The van der Waals surface area contributed by atoms with Gasteiger partial charge in [0.25, 0.3) is 0 Å². The number of unbranched alkanes of at least 4 members (excludes halogenated alkanes) is 7. The Bertz CT molecular complexity index is 2000. The predicted octanol–water partition coefficient (Wildman–Crippen LogP) is 11.2. The first-order valence-electron chi connectivity index (χ1n) is 32.8. The van der Waals surface area contributed by atoms with Gasteiger partial charge in [-0.05, 0) is 201 Å². The lowest BCUT2D eigenvalue weighted by molar-refractivity contribution is -0.104. The van der Waals surface area contributed by atoms with E-state index in [2.05, 4.69) is 201 Å². The molecule has 0 radical (unpaired) electrons. The van der Waals surface area contributed by atoms with E-state index >= 15 is 0 Å². The summed E-state index contributed by atoms with van der Waals surface area (Å²) in [5.41, 5.74) is 4.21. The standard InChI is InChI=1S/C64H126N16/c1-21-25-35-75(49-39-57(5,6)71-58(7,8)40-49)55-67-53(47-79(69-55)77(37-27-23-3)51-43-61(13,14)73-62(15,16)44-51)65-33-31-29-30-32-34-66-54-48-80(78(38-28-24-4)52-45-63(17,18)74-64(19,20)46-52)70-56(68-54)76(36-26-22-2)50-41-59(9,10)72-60(11,12)42-50/h49-52,71-74H,21-48H2,1-20H3,(H,65,67,69)(H,66,68,70). The van der Waals surface area contributed by atoms with Gasteiger partial charge in [0.05, 0.1) is 6.54 Å². The van der Waals surface area contributed by atoms with Gasteiger partial charge in [-0.2, -0.15) is 9.98 Å². The summed E-state index contributed by atoms with van der Waals surface area (Å²) in [6.07, 6.45) is 22.1. The number of amidine groups is 2. The Morgan fingerprint density at radius 1 is 0.463 bits per heavy atom. The quantitative estimate of drug-likeness (QED) is 0.0485. The average molecular weight is 1120 g/mol. The van der Waals surface area contributed by atoms with E-state index in [1.165, 1.54) is 0 Å². The summed E-state index contributed by atoms with van der Waals surface area (Å²) in [7, 11) is 0. The summed E-state index contributed by atoms with van der Waals surface area (Å²) in [5.74, 6) is 3.86. The molecule has 6 aliphatic heterocycles. The van der Waals surface area contributed by atoms with Crippen LogP contribution in [0.4, 0.5) is 0 Å². The van der Waals surface area contributed by atoms with Gasteiger partial charge in [-0.1, -0.05) is 66.2 Å². The normalized spacial score (nSPS) is 25.6. The van der Waals surface area contributed by atoms with E-state index in [4.69, 9.17) is 20.1 Å². The van der Waals surface area contributed by atoms with E-state index < -0.39 is 0 Å². The highest BCUT2D eigenvalue weighted by atomic mass is 15.8. The molecule has 4 fully saturated rings. The lowest BCUT2D eigenvalue weighted by Gasteiger charge is -2.53. The van der Waals surface area contributed by atoms with Crippen molar-refractivity contribution in [2.24, 2.45) is 20.1 Å². The van der Waals surface area contributed by atoms with Crippen LogP contribution in [0.3, 0.4) is 0 Å². The Balaban J connectivity index is 1.20. The van der Waals surface area contributed by atoms with E-state index in [0.29, 0.717) is 37.3 Å². The number of rotatable bonds is 25. The van der Waals surface area contributed by atoms with Crippen molar-refractivity contribution in [1.29, 1.82) is 0 Å². The smallest absolute Gasteiger partial charge is 0.246 e. The number of nitrogens with zero attached hydrogens (tertiary/aromatic N) is 10. The van der Waals surface area contributed by atoms with Crippen molar-refractivity contribution in [3.8, 4) is 0 Å². The zero-order chi connectivity index (χ0) is 59.0. The molecular weight excluding hydrogens is 993 g/mol. The Morgan fingerprint density at radius 2 is 0.863 bits per heavy atom. The van der Waals surface area contributed by atoms with Gasteiger partial charge < -0.3 is 36.4 Å². The number of hydrogen-bond acceptors (Lipinski definition) is 15. The number of hydrogen-bond donors (Lipinski definition) is 6. The lowest BCUT2D eigenvalue weighted by atomic mass is 9.79. The molecule has 462 valence electrons. The molecular formula is C64H126N16. The zero-order valence-electron chi connectivity index (χ0n) is 55.6. The van der Waals surface area contributed by atoms with Crippen molar-refractivity contribution in [3.05, 3.63) is 0 Å². The summed E-state index contributed by atoms with van der Waals surface area (Å²) in [4.78, 5) is 21.7. The maximum atomic E-state index is 5.62.